The van der Waals surface area contributed by atoms with Crippen LogP contribution in [0.5, 0.6) is 0 Å². The molecule has 0 amide bonds. The van der Waals surface area contributed by atoms with E-state index < -0.39 is 0 Å². The fourth-order valence-electron chi connectivity index (χ4n) is 2.40. The van der Waals surface area contributed by atoms with Crippen molar-refractivity contribution in [3.63, 3.8) is 0 Å². The molecule has 0 heterocycles. The van der Waals surface area contributed by atoms with Gasteiger partial charge in [-0.2, -0.15) is 0 Å². The van der Waals surface area contributed by atoms with E-state index >= 15 is 0 Å². The van der Waals surface area contributed by atoms with Crippen molar-refractivity contribution in [3.8, 4) is 0 Å². The van der Waals surface area contributed by atoms with Crippen molar-refractivity contribution in [2.75, 3.05) is 6.54 Å². The summed E-state index contributed by atoms with van der Waals surface area (Å²) in [6.07, 6.45) is 1.12. The third kappa shape index (κ3) is 4.09. The Labute approximate surface area is 127 Å². The van der Waals surface area contributed by atoms with Gasteiger partial charge in [-0.1, -0.05) is 67.1 Å². The Balaban J connectivity index is 1.83. The molecule has 0 aliphatic heterocycles. The second-order valence-electron chi connectivity index (χ2n) is 5.30. The van der Waals surface area contributed by atoms with E-state index in [-0.39, 0.29) is 6.04 Å². The van der Waals surface area contributed by atoms with E-state index in [4.69, 9.17) is 11.6 Å². The summed E-state index contributed by atoms with van der Waals surface area (Å²) in [6.45, 7) is 5.42. The van der Waals surface area contributed by atoms with Crippen molar-refractivity contribution in [2.45, 2.75) is 32.2 Å². The monoisotopic (exact) mass is 287 g/mol. The first-order chi connectivity index (χ1) is 9.68. The molecule has 0 aliphatic carbocycles. The minimum atomic E-state index is 0.284. The largest absolute Gasteiger partial charge is 0.310 e. The Bertz CT molecular complexity index is 524. The highest BCUT2D eigenvalue weighted by Crippen LogP contribution is 2.23. The van der Waals surface area contributed by atoms with Crippen LogP contribution < -0.4 is 5.32 Å². The van der Waals surface area contributed by atoms with Gasteiger partial charge in [0.2, 0.25) is 0 Å². The van der Waals surface area contributed by atoms with Gasteiger partial charge < -0.3 is 5.32 Å². The lowest BCUT2D eigenvalue weighted by molar-refractivity contribution is 0.531. The van der Waals surface area contributed by atoms with Crippen LogP contribution in [-0.2, 0) is 0 Å². The van der Waals surface area contributed by atoms with Crippen molar-refractivity contribution < 1.29 is 0 Å². The fourth-order valence-corrected chi connectivity index (χ4v) is 2.70. The van der Waals surface area contributed by atoms with Crippen molar-refractivity contribution >= 4 is 11.6 Å². The normalized spacial score (nSPS) is 13.9. The predicted molar refractivity (Wildman–Crippen MR) is 87.3 cm³/mol. The minimum Gasteiger partial charge on any atom is -0.310 e. The molecule has 106 valence electrons. The van der Waals surface area contributed by atoms with Crippen LogP contribution in [0, 0.1) is 0 Å². The second-order valence-corrected chi connectivity index (χ2v) is 5.70. The maximum absolute atomic E-state index is 6.22. The molecule has 2 aromatic carbocycles. The number of halogens is 1. The van der Waals surface area contributed by atoms with Crippen LogP contribution >= 0.6 is 11.6 Å². The minimum absolute atomic E-state index is 0.284. The molecule has 0 aromatic heterocycles. The van der Waals surface area contributed by atoms with Gasteiger partial charge in [0.1, 0.15) is 0 Å². The molecule has 2 heteroatoms. The molecule has 1 nitrogen and oxygen atoms in total. The Morgan fingerprint density at radius 3 is 2.30 bits per heavy atom. The van der Waals surface area contributed by atoms with Crippen LogP contribution in [0.15, 0.2) is 54.6 Å². The topological polar surface area (TPSA) is 12.0 Å². The quantitative estimate of drug-likeness (QED) is 0.771. The summed E-state index contributed by atoms with van der Waals surface area (Å²) in [4.78, 5) is 0. The number of hydrogen-bond acceptors (Lipinski definition) is 1. The average Bonchev–Trinajstić information content (AvgIpc) is 2.48. The lowest BCUT2D eigenvalue weighted by atomic mass is 9.97. The SMILES string of the molecule is CC(CCN[C@@H](C)c1ccccc1Cl)c1ccccc1. The van der Waals surface area contributed by atoms with Crippen molar-refractivity contribution in [1.82, 2.24) is 5.32 Å². The van der Waals surface area contributed by atoms with Crippen LogP contribution in [0.3, 0.4) is 0 Å². The molecule has 0 spiro atoms. The summed E-state index contributed by atoms with van der Waals surface area (Å²) in [5.74, 6) is 0.571. The summed E-state index contributed by atoms with van der Waals surface area (Å²) in [5.41, 5.74) is 2.57. The molecule has 1 unspecified atom stereocenters. The smallest absolute Gasteiger partial charge is 0.0453 e. The van der Waals surface area contributed by atoms with Crippen molar-refractivity contribution in [3.05, 3.63) is 70.7 Å². The maximum Gasteiger partial charge on any atom is 0.0453 e. The molecule has 0 radical (unpaired) electrons. The molecule has 2 aromatic rings. The van der Waals surface area contributed by atoms with E-state index in [1.54, 1.807) is 0 Å². The van der Waals surface area contributed by atoms with E-state index in [1.807, 2.05) is 18.2 Å². The third-order valence-corrected chi connectivity index (χ3v) is 4.11. The number of benzene rings is 2. The highest BCUT2D eigenvalue weighted by molar-refractivity contribution is 6.31. The van der Waals surface area contributed by atoms with E-state index in [0.717, 1.165) is 18.0 Å². The van der Waals surface area contributed by atoms with Gasteiger partial charge in [-0.25, -0.2) is 0 Å². The average molecular weight is 288 g/mol. The van der Waals surface area contributed by atoms with Gasteiger partial charge in [0, 0.05) is 11.1 Å². The lowest BCUT2D eigenvalue weighted by Crippen LogP contribution is -2.21. The summed E-state index contributed by atoms with van der Waals surface area (Å²) in [7, 11) is 0. The predicted octanol–water partition coefficient (Wildman–Crippen LogP) is 5.18. The first kappa shape index (κ1) is 15.1. The fraction of sp³-hybridized carbons (Fsp3) is 0.333. The number of rotatable bonds is 6. The van der Waals surface area contributed by atoms with Crippen LogP contribution in [0.25, 0.3) is 0 Å². The molecule has 2 atom stereocenters. The van der Waals surface area contributed by atoms with E-state index in [2.05, 4.69) is 55.6 Å². The van der Waals surface area contributed by atoms with Crippen LogP contribution in [0.2, 0.25) is 5.02 Å². The second kappa shape index (κ2) is 7.47. The molecule has 1 N–H and O–H groups in total. The zero-order chi connectivity index (χ0) is 14.4. The number of hydrogen-bond donors (Lipinski definition) is 1. The van der Waals surface area contributed by atoms with Crippen LogP contribution in [-0.4, -0.2) is 6.54 Å². The molecule has 0 saturated heterocycles. The van der Waals surface area contributed by atoms with Crippen LogP contribution in [0.4, 0.5) is 0 Å². The molecule has 0 saturated carbocycles. The van der Waals surface area contributed by atoms with E-state index in [9.17, 15) is 0 Å². The van der Waals surface area contributed by atoms with Gasteiger partial charge in [-0.15, -0.1) is 0 Å². The summed E-state index contributed by atoms with van der Waals surface area (Å²) >= 11 is 6.22. The molecule has 20 heavy (non-hydrogen) atoms. The van der Waals surface area contributed by atoms with Gasteiger partial charge in [0.15, 0.2) is 0 Å². The van der Waals surface area contributed by atoms with Gasteiger partial charge in [0.25, 0.3) is 0 Å². The summed E-state index contributed by atoms with van der Waals surface area (Å²) in [5, 5.41) is 4.39. The molecule has 0 aliphatic rings. The van der Waals surface area contributed by atoms with Crippen molar-refractivity contribution in [2.24, 2.45) is 0 Å². The zero-order valence-electron chi connectivity index (χ0n) is 12.1. The zero-order valence-corrected chi connectivity index (χ0v) is 12.9. The Kier molecular flexibility index (Phi) is 5.63. The molecule has 0 fully saturated rings. The van der Waals surface area contributed by atoms with Crippen molar-refractivity contribution in [1.29, 1.82) is 0 Å². The van der Waals surface area contributed by atoms with E-state index in [0.29, 0.717) is 5.92 Å². The van der Waals surface area contributed by atoms with E-state index in [1.165, 1.54) is 11.1 Å². The summed E-state index contributed by atoms with van der Waals surface area (Å²) < 4.78 is 0. The first-order valence-corrected chi connectivity index (χ1v) is 7.59. The Morgan fingerprint density at radius 2 is 1.60 bits per heavy atom. The molecule has 0 bridgehead atoms. The standard InChI is InChI=1S/C18H22ClN/c1-14(16-8-4-3-5-9-16)12-13-20-15(2)17-10-6-7-11-18(17)19/h3-11,14-15,20H,12-13H2,1-2H3/t14?,15-/m0/s1. The van der Waals surface area contributed by atoms with Gasteiger partial charge in [-0.3, -0.25) is 0 Å². The Hall–Kier alpha value is -1.31. The first-order valence-electron chi connectivity index (χ1n) is 7.21. The number of nitrogens with one attached hydrogen (secondary N) is 1. The van der Waals surface area contributed by atoms with Crippen LogP contribution in [0.1, 0.15) is 43.4 Å². The highest BCUT2D eigenvalue weighted by atomic mass is 35.5. The van der Waals surface area contributed by atoms with Gasteiger partial charge in [-0.05, 0) is 43.0 Å². The highest BCUT2D eigenvalue weighted by Gasteiger charge is 2.09. The molecular weight excluding hydrogens is 266 g/mol. The molecular formula is C18H22ClN. The van der Waals surface area contributed by atoms with Gasteiger partial charge >= 0.3 is 0 Å². The lowest BCUT2D eigenvalue weighted by Gasteiger charge is -2.18. The summed E-state index contributed by atoms with van der Waals surface area (Å²) in [6, 6.07) is 19.0. The Morgan fingerprint density at radius 1 is 0.950 bits per heavy atom. The van der Waals surface area contributed by atoms with Gasteiger partial charge in [0.05, 0.1) is 0 Å². The third-order valence-electron chi connectivity index (χ3n) is 3.77. The maximum atomic E-state index is 6.22. The molecule has 2 rings (SSSR count).